The third kappa shape index (κ3) is 1.48. The average Bonchev–Trinajstić information content (AvgIpc) is 2.67. The highest BCUT2D eigenvalue weighted by molar-refractivity contribution is 5.37. The molecule has 1 N–H and O–H groups in total. The van der Waals surface area contributed by atoms with Gasteiger partial charge in [0.2, 0.25) is 0 Å². The first-order valence-electron chi connectivity index (χ1n) is 4.63. The molecular weight excluding hydrogens is 176 g/mol. The molecule has 0 radical (unpaired) electrons. The number of aromatic hydroxyl groups is 1. The number of rotatable bonds is 2. The van der Waals surface area contributed by atoms with E-state index in [1.807, 2.05) is 22.9 Å². The summed E-state index contributed by atoms with van der Waals surface area (Å²) in [6.45, 7) is 2.09. The van der Waals surface area contributed by atoms with Gasteiger partial charge in [-0.3, -0.25) is 0 Å². The maximum Gasteiger partial charge on any atom is 0.115 e. The van der Waals surface area contributed by atoms with Gasteiger partial charge in [-0.25, -0.2) is 4.68 Å². The standard InChI is InChI=1S/C11H12N2O/c1-2-9-7-8-12-13(9)10-3-5-11(14)6-4-10/h3-8,14H,2H2,1H3. The van der Waals surface area contributed by atoms with Gasteiger partial charge in [0.25, 0.3) is 0 Å². The van der Waals surface area contributed by atoms with Gasteiger partial charge in [-0.2, -0.15) is 5.10 Å². The molecule has 0 spiro atoms. The van der Waals surface area contributed by atoms with E-state index in [0.717, 1.165) is 17.8 Å². The van der Waals surface area contributed by atoms with Crippen LogP contribution >= 0.6 is 0 Å². The van der Waals surface area contributed by atoms with Crippen LogP contribution in [-0.2, 0) is 6.42 Å². The highest BCUT2D eigenvalue weighted by Crippen LogP contribution is 2.14. The van der Waals surface area contributed by atoms with E-state index < -0.39 is 0 Å². The lowest BCUT2D eigenvalue weighted by atomic mass is 10.3. The van der Waals surface area contributed by atoms with Gasteiger partial charge in [0.05, 0.1) is 5.69 Å². The summed E-state index contributed by atoms with van der Waals surface area (Å²) in [4.78, 5) is 0. The summed E-state index contributed by atoms with van der Waals surface area (Å²) in [7, 11) is 0. The first-order valence-corrected chi connectivity index (χ1v) is 4.63. The van der Waals surface area contributed by atoms with Crippen LogP contribution in [0.2, 0.25) is 0 Å². The molecule has 2 aromatic rings. The molecule has 0 aliphatic rings. The minimum atomic E-state index is 0.277. The Morgan fingerprint density at radius 1 is 1.21 bits per heavy atom. The van der Waals surface area contributed by atoms with Crippen molar-refractivity contribution in [2.45, 2.75) is 13.3 Å². The predicted molar refractivity (Wildman–Crippen MR) is 54.6 cm³/mol. The summed E-state index contributed by atoms with van der Waals surface area (Å²) in [6, 6.07) is 9.02. The third-order valence-corrected chi connectivity index (χ3v) is 2.18. The fraction of sp³-hybridized carbons (Fsp3) is 0.182. The largest absolute Gasteiger partial charge is 0.508 e. The molecule has 0 atom stereocenters. The first-order chi connectivity index (χ1) is 6.81. The summed E-state index contributed by atoms with van der Waals surface area (Å²) in [5.41, 5.74) is 2.14. The van der Waals surface area contributed by atoms with Gasteiger partial charge in [-0.1, -0.05) is 6.92 Å². The Balaban J connectivity index is 2.44. The second-order valence-corrected chi connectivity index (χ2v) is 3.10. The highest BCUT2D eigenvalue weighted by atomic mass is 16.3. The molecule has 0 aliphatic heterocycles. The fourth-order valence-corrected chi connectivity index (χ4v) is 1.42. The monoisotopic (exact) mass is 188 g/mol. The average molecular weight is 188 g/mol. The Morgan fingerprint density at radius 2 is 1.93 bits per heavy atom. The Morgan fingerprint density at radius 3 is 2.57 bits per heavy atom. The molecule has 1 aromatic carbocycles. The van der Waals surface area contributed by atoms with Gasteiger partial charge in [0.1, 0.15) is 5.75 Å². The number of aromatic nitrogens is 2. The van der Waals surface area contributed by atoms with E-state index in [9.17, 15) is 0 Å². The van der Waals surface area contributed by atoms with Crippen LogP contribution in [0.15, 0.2) is 36.5 Å². The zero-order valence-electron chi connectivity index (χ0n) is 8.01. The molecule has 1 heterocycles. The lowest BCUT2D eigenvalue weighted by Gasteiger charge is -2.05. The minimum Gasteiger partial charge on any atom is -0.508 e. The Bertz CT molecular complexity index is 417. The van der Waals surface area contributed by atoms with Crippen LogP contribution in [0.4, 0.5) is 0 Å². The van der Waals surface area contributed by atoms with Crippen molar-refractivity contribution in [1.29, 1.82) is 0 Å². The topological polar surface area (TPSA) is 38.0 Å². The van der Waals surface area contributed by atoms with Gasteiger partial charge in [-0.15, -0.1) is 0 Å². The quantitative estimate of drug-likeness (QED) is 0.784. The molecule has 0 aliphatic carbocycles. The maximum absolute atomic E-state index is 9.15. The van der Waals surface area contributed by atoms with E-state index in [4.69, 9.17) is 5.11 Å². The van der Waals surface area contributed by atoms with Crippen molar-refractivity contribution in [1.82, 2.24) is 9.78 Å². The van der Waals surface area contributed by atoms with E-state index in [2.05, 4.69) is 12.0 Å². The lowest BCUT2D eigenvalue weighted by molar-refractivity contribution is 0.475. The van der Waals surface area contributed by atoms with E-state index in [1.54, 1.807) is 18.3 Å². The molecule has 3 nitrogen and oxygen atoms in total. The van der Waals surface area contributed by atoms with Crippen molar-refractivity contribution in [3.05, 3.63) is 42.2 Å². The van der Waals surface area contributed by atoms with Crippen LogP contribution in [0.5, 0.6) is 5.75 Å². The van der Waals surface area contributed by atoms with Gasteiger partial charge in [-0.05, 0) is 36.8 Å². The van der Waals surface area contributed by atoms with Gasteiger partial charge >= 0.3 is 0 Å². The van der Waals surface area contributed by atoms with Crippen molar-refractivity contribution < 1.29 is 5.11 Å². The predicted octanol–water partition coefficient (Wildman–Crippen LogP) is 2.14. The van der Waals surface area contributed by atoms with Crippen LogP contribution in [-0.4, -0.2) is 14.9 Å². The highest BCUT2D eigenvalue weighted by Gasteiger charge is 2.01. The summed E-state index contributed by atoms with van der Waals surface area (Å²) in [5.74, 6) is 0.277. The summed E-state index contributed by atoms with van der Waals surface area (Å²) in [5, 5.41) is 13.4. The third-order valence-electron chi connectivity index (χ3n) is 2.18. The van der Waals surface area contributed by atoms with E-state index in [1.165, 1.54) is 0 Å². The van der Waals surface area contributed by atoms with Crippen LogP contribution < -0.4 is 0 Å². The zero-order chi connectivity index (χ0) is 9.97. The fourth-order valence-electron chi connectivity index (χ4n) is 1.42. The van der Waals surface area contributed by atoms with Crippen molar-refractivity contribution in [2.24, 2.45) is 0 Å². The molecule has 0 amide bonds. The number of phenolic OH excluding ortho intramolecular Hbond substituents is 1. The molecule has 14 heavy (non-hydrogen) atoms. The van der Waals surface area contributed by atoms with Crippen molar-refractivity contribution >= 4 is 0 Å². The summed E-state index contributed by atoms with van der Waals surface area (Å²) in [6.07, 6.45) is 2.73. The van der Waals surface area contributed by atoms with E-state index >= 15 is 0 Å². The number of nitrogens with zero attached hydrogens (tertiary/aromatic N) is 2. The minimum absolute atomic E-state index is 0.277. The van der Waals surface area contributed by atoms with Crippen LogP contribution in [0.3, 0.4) is 0 Å². The number of hydrogen-bond donors (Lipinski definition) is 1. The van der Waals surface area contributed by atoms with Crippen molar-refractivity contribution in [2.75, 3.05) is 0 Å². The number of phenols is 1. The molecule has 0 saturated carbocycles. The SMILES string of the molecule is CCc1ccnn1-c1ccc(O)cc1. The van der Waals surface area contributed by atoms with Crippen LogP contribution in [0.1, 0.15) is 12.6 Å². The molecule has 0 saturated heterocycles. The maximum atomic E-state index is 9.15. The molecule has 72 valence electrons. The molecular formula is C11H12N2O. The normalized spacial score (nSPS) is 10.4. The molecule has 1 aromatic heterocycles. The number of aryl methyl sites for hydroxylation is 1. The zero-order valence-corrected chi connectivity index (χ0v) is 8.01. The molecule has 0 unspecified atom stereocenters. The molecule has 3 heteroatoms. The number of benzene rings is 1. The van der Waals surface area contributed by atoms with Crippen molar-refractivity contribution in [3.8, 4) is 11.4 Å². The van der Waals surface area contributed by atoms with Crippen LogP contribution in [0.25, 0.3) is 5.69 Å². The summed E-state index contributed by atoms with van der Waals surface area (Å²) >= 11 is 0. The Hall–Kier alpha value is -1.77. The van der Waals surface area contributed by atoms with Gasteiger partial charge < -0.3 is 5.11 Å². The van der Waals surface area contributed by atoms with E-state index in [0.29, 0.717) is 0 Å². The van der Waals surface area contributed by atoms with Gasteiger partial charge in [0.15, 0.2) is 0 Å². The second kappa shape index (κ2) is 3.54. The summed E-state index contributed by atoms with van der Waals surface area (Å²) < 4.78 is 1.87. The van der Waals surface area contributed by atoms with Crippen molar-refractivity contribution in [3.63, 3.8) is 0 Å². The smallest absolute Gasteiger partial charge is 0.115 e. The second-order valence-electron chi connectivity index (χ2n) is 3.10. The molecule has 2 rings (SSSR count). The molecule has 0 fully saturated rings. The lowest BCUT2D eigenvalue weighted by Crippen LogP contribution is -2.00. The first kappa shape index (κ1) is 8.81. The van der Waals surface area contributed by atoms with Crippen LogP contribution in [0, 0.1) is 0 Å². The number of hydrogen-bond acceptors (Lipinski definition) is 2. The van der Waals surface area contributed by atoms with E-state index in [-0.39, 0.29) is 5.75 Å². The molecule has 0 bridgehead atoms. The Kier molecular flexibility index (Phi) is 2.23. The van der Waals surface area contributed by atoms with Gasteiger partial charge in [0, 0.05) is 11.9 Å². The Labute approximate surface area is 82.6 Å².